The Morgan fingerprint density at radius 1 is 1.45 bits per heavy atom. The fourth-order valence-corrected chi connectivity index (χ4v) is 3.90. The van der Waals surface area contributed by atoms with E-state index in [1.165, 1.54) is 6.26 Å². The van der Waals surface area contributed by atoms with E-state index in [0.29, 0.717) is 5.76 Å². The van der Waals surface area contributed by atoms with Crippen LogP contribution in [0.15, 0.2) is 44.3 Å². The summed E-state index contributed by atoms with van der Waals surface area (Å²) in [5.41, 5.74) is 5.17. The second kappa shape index (κ2) is 5.55. The Morgan fingerprint density at radius 2 is 2.15 bits per heavy atom. The van der Waals surface area contributed by atoms with Gasteiger partial charge in [-0.05, 0) is 47.1 Å². The van der Waals surface area contributed by atoms with Crippen molar-refractivity contribution in [3.05, 3.63) is 46.6 Å². The highest BCUT2D eigenvalue weighted by atomic mass is 79.9. The maximum Gasteiger partial charge on any atom is 0.242 e. The van der Waals surface area contributed by atoms with E-state index in [1.54, 1.807) is 19.1 Å². The van der Waals surface area contributed by atoms with Crippen molar-refractivity contribution in [3.8, 4) is 0 Å². The highest BCUT2D eigenvalue weighted by Crippen LogP contribution is 2.28. The van der Waals surface area contributed by atoms with Crippen LogP contribution in [0.1, 0.15) is 18.7 Å². The van der Waals surface area contributed by atoms with E-state index < -0.39 is 21.9 Å². The highest BCUT2D eigenvalue weighted by Gasteiger charge is 2.23. The lowest BCUT2D eigenvalue weighted by molar-refractivity contribution is 0.459. The fourth-order valence-electron chi connectivity index (χ4n) is 1.64. The number of sulfonamides is 1. The zero-order valence-corrected chi connectivity index (χ0v) is 12.8. The Bertz CT molecular complexity index is 717. The van der Waals surface area contributed by atoms with E-state index >= 15 is 0 Å². The van der Waals surface area contributed by atoms with Crippen LogP contribution in [0, 0.1) is 5.82 Å². The van der Waals surface area contributed by atoms with Gasteiger partial charge in [0.05, 0.1) is 22.9 Å². The third-order valence-electron chi connectivity index (χ3n) is 2.64. The van der Waals surface area contributed by atoms with Gasteiger partial charge in [0.1, 0.15) is 11.6 Å². The molecule has 5 nitrogen and oxygen atoms in total. The van der Waals surface area contributed by atoms with E-state index in [9.17, 15) is 12.8 Å². The van der Waals surface area contributed by atoms with Gasteiger partial charge in [-0.15, -0.1) is 0 Å². The van der Waals surface area contributed by atoms with Crippen LogP contribution in [-0.2, 0) is 10.0 Å². The van der Waals surface area contributed by atoms with Crippen LogP contribution >= 0.6 is 15.9 Å². The van der Waals surface area contributed by atoms with Crippen molar-refractivity contribution in [1.29, 1.82) is 0 Å². The van der Waals surface area contributed by atoms with Crippen molar-refractivity contribution in [2.24, 2.45) is 0 Å². The molecule has 1 heterocycles. The number of halogens is 2. The molecule has 0 spiro atoms. The Hall–Kier alpha value is -1.38. The largest absolute Gasteiger partial charge is 0.468 e. The second-order valence-electron chi connectivity index (χ2n) is 4.16. The Labute approximate surface area is 124 Å². The molecule has 0 saturated carbocycles. The Kier molecular flexibility index (Phi) is 4.17. The maximum absolute atomic E-state index is 13.2. The number of nitrogen functional groups attached to an aromatic ring is 1. The van der Waals surface area contributed by atoms with Gasteiger partial charge < -0.3 is 10.2 Å². The smallest absolute Gasteiger partial charge is 0.242 e. The summed E-state index contributed by atoms with van der Waals surface area (Å²) < 4.78 is 45.4. The average Bonchev–Trinajstić information content (AvgIpc) is 2.86. The molecule has 8 heteroatoms. The molecular formula is C12H12BrFN2O3S. The maximum atomic E-state index is 13.2. The first-order chi connectivity index (χ1) is 9.31. The van der Waals surface area contributed by atoms with Gasteiger partial charge in [-0.25, -0.2) is 17.5 Å². The Balaban J connectivity index is 2.34. The molecule has 0 bridgehead atoms. The monoisotopic (exact) mass is 362 g/mol. The van der Waals surface area contributed by atoms with E-state index in [0.717, 1.165) is 12.1 Å². The summed E-state index contributed by atoms with van der Waals surface area (Å²) in [6.45, 7) is 1.64. The first-order valence-electron chi connectivity index (χ1n) is 5.61. The summed E-state index contributed by atoms with van der Waals surface area (Å²) in [5.74, 6) is -0.213. The van der Waals surface area contributed by atoms with Gasteiger partial charge >= 0.3 is 0 Å². The average molecular weight is 363 g/mol. The summed E-state index contributed by atoms with van der Waals surface area (Å²) in [6.07, 6.45) is 1.45. The standard InChI is InChI=1S/C12H12BrFN2O3S/c1-7(11-3-2-4-19-11)16-20(17,18)12-6-10(15)9(14)5-8(12)13/h2-7,16H,15H2,1H3. The van der Waals surface area contributed by atoms with Gasteiger partial charge in [0.15, 0.2) is 0 Å². The van der Waals surface area contributed by atoms with Crippen LogP contribution in [0.2, 0.25) is 0 Å². The number of benzene rings is 1. The zero-order valence-electron chi connectivity index (χ0n) is 10.4. The quantitative estimate of drug-likeness (QED) is 0.818. The third kappa shape index (κ3) is 3.02. The summed E-state index contributed by atoms with van der Waals surface area (Å²) in [6, 6.07) is 4.83. The first-order valence-corrected chi connectivity index (χ1v) is 7.89. The number of nitrogens with two attached hydrogens (primary N) is 1. The van der Waals surface area contributed by atoms with Crippen molar-refractivity contribution in [3.63, 3.8) is 0 Å². The molecule has 1 aromatic heterocycles. The summed E-state index contributed by atoms with van der Waals surface area (Å²) in [5, 5.41) is 0. The summed E-state index contributed by atoms with van der Waals surface area (Å²) >= 11 is 3.02. The predicted molar refractivity (Wildman–Crippen MR) is 76.0 cm³/mol. The lowest BCUT2D eigenvalue weighted by Gasteiger charge is -2.13. The molecule has 1 atom stereocenters. The molecule has 0 radical (unpaired) electrons. The topological polar surface area (TPSA) is 85.3 Å². The second-order valence-corrected chi connectivity index (χ2v) is 6.70. The molecule has 1 unspecified atom stereocenters. The van der Waals surface area contributed by atoms with Crippen molar-refractivity contribution in [2.45, 2.75) is 17.9 Å². The molecule has 1 aromatic carbocycles. The number of anilines is 1. The number of rotatable bonds is 4. The zero-order chi connectivity index (χ0) is 14.9. The van der Waals surface area contributed by atoms with Gasteiger partial charge in [0.25, 0.3) is 0 Å². The number of hydrogen-bond acceptors (Lipinski definition) is 4. The van der Waals surface area contributed by atoms with Crippen LogP contribution in [0.3, 0.4) is 0 Å². The molecule has 2 aromatic rings. The molecule has 108 valence electrons. The first kappa shape index (κ1) is 15.0. The number of nitrogens with one attached hydrogen (secondary N) is 1. The van der Waals surface area contributed by atoms with Crippen molar-refractivity contribution in [1.82, 2.24) is 4.72 Å². The van der Waals surface area contributed by atoms with Gasteiger partial charge in [0.2, 0.25) is 10.0 Å². The molecule has 3 N–H and O–H groups in total. The van der Waals surface area contributed by atoms with Gasteiger partial charge in [-0.3, -0.25) is 0 Å². The number of furan rings is 1. The number of hydrogen-bond donors (Lipinski definition) is 2. The molecule has 0 aliphatic rings. The molecular weight excluding hydrogens is 351 g/mol. The van der Waals surface area contributed by atoms with Crippen LogP contribution in [0.25, 0.3) is 0 Å². The minimum absolute atomic E-state index is 0.100. The van der Waals surface area contributed by atoms with E-state index in [1.807, 2.05) is 0 Å². The highest BCUT2D eigenvalue weighted by molar-refractivity contribution is 9.10. The van der Waals surface area contributed by atoms with Crippen LogP contribution in [0.5, 0.6) is 0 Å². The normalized spacial score (nSPS) is 13.3. The van der Waals surface area contributed by atoms with E-state index in [4.69, 9.17) is 10.2 Å². The van der Waals surface area contributed by atoms with Crippen molar-refractivity contribution >= 4 is 31.6 Å². The molecule has 0 aliphatic carbocycles. The lowest BCUT2D eigenvalue weighted by atomic mass is 10.3. The lowest BCUT2D eigenvalue weighted by Crippen LogP contribution is -2.27. The van der Waals surface area contributed by atoms with Crippen LogP contribution in [-0.4, -0.2) is 8.42 Å². The van der Waals surface area contributed by atoms with Crippen molar-refractivity contribution in [2.75, 3.05) is 5.73 Å². The molecule has 0 amide bonds. The minimum atomic E-state index is -3.86. The molecule has 20 heavy (non-hydrogen) atoms. The molecule has 0 aliphatic heterocycles. The van der Waals surface area contributed by atoms with E-state index in [-0.39, 0.29) is 15.1 Å². The van der Waals surface area contributed by atoms with Gasteiger partial charge in [-0.1, -0.05) is 0 Å². The summed E-state index contributed by atoms with van der Waals surface area (Å²) in [4.78, 5) is -0.130. The SMILES string of the molecule is CC(NS(=O)(=O)c1cc(N)c(F)cc1Br)c1ccco1. The molecule has 0 saturated heterocycles. The van der Waals surface area contributed by atoms with Crippen LogP contribution in [0.4, 0.5) is 10.1 Å². The third-order valence-corrected chi connectivity index (χ3v) is 5.14. The predicted octanol–water partition coefficient (Wildman–Crippen LogP) is 2.80. The molecule has 0 fully saturated rings. The molecule has 2 rings (SSSR count). The van der Waals surface area contributed by atoms with Crippen LogP contribution < -0.4 is 10.5 Å². The van der Waals surface area contributed by atoms with E-state index in [2.05, 4.69) is 20.7 Å². The van der Waals surface area contributed by atoms with Gasteiger partial charge in [0, 0.05) is 4.47 Å². The van der Waals surface area contributed by atoms with Gasteiger partial charge in [-0.2, -0.15) is 0 Å². The summed E-state index contributed by atoms with van der Waals surface area (Å²) in [7, 11) is -3.86. The fraction of sp³-hybridized carbons (Fsp3) is 0.167. The minimum Gasteiger partial charge on any atom is -0.468 e. The Morgan fingerprint density at radius 3 is 2.75 bits per heavy atom. The van der Waals surface area contributed by atoms with Crippen molar-refractivity contribution < 1.29 is 17.2 Å².